The lowest BCUT2D eigenvalue weighted by molar-refractivity contribution is -0.0410. The van der Waals surface area contributed by atoms with Crippen molar-refractivity contribution in [1.29, 1.82) is 5.26 Å². The summed E-state index contributed by atoms with van der Waals surface area (Å²) < 4.78 is 67.9. The summed E-state index contributed by atoms with van der Waals surface area (Å²) in [5.41, 5.74) is 0. The predicted octanol–water partition coefficient (Wildman–Crippen LogP) is 2.43. The molecule has 0 aromatic heterocycles. The molecule has 3 fully saturated rings. The molecule has 172 valence electrons. The van der Waals surface area contributed by atoms with Crippen LogP contribution in [0.4, 0.5) is 8.78 Å². The summed E-state index contributed by atoms with van der Waals surface area (Å²) in [7, 11) is 0. The van der Waals surface area contributed by atoms with Crippen molar-refractivity contribution in [3.8, 4) is 6.07 Å². The molecule has 15 heteroatoms. The average molecular weight is 509 g/mol. The second-order valence-electron chi connectivity index (χ2n) is 7.04. The van der Waals surface area contributed by atoms with Crippen LogP contribution in [-0.2, 0) is 55.7 Å². The van der Waals surface area contributed by atoms with Gasteiger partial charge in [0.25, 0.3) is 0 Å². The summed E-state index contributed by atoms with van der Waals surface area (Å²) in [5.74, 6) is 0. The molecule has 0 bridgehead atoms. The maximum atomic E-state index is 14.7. The number of nitrogens with zero attached hydrogens (tertiary/aromatic N) is 1. The average Bonchev–Trinajstić information content (AvgIpc) is 3.09. The molecule has 0 aromatic carbocycles. The molecule has 0 amide bonds. The van der Waals surface area contributed by atoms with Crippen LogP contribution < -0.4 is 0 Å². The summed E-state index contributed by atoms with van der Waals surface area (Å²) in [6, 6.07) is 1.90. The van der Waals surface area contributed by atoms with Gasteiger partial charge in [0.2, 0.25) is 0 Å². The largest absolute Gasteiger partial charge is 0.367 e. The topological polar surface area (TPSA) is 109 Å². The molecule has 3 heterocycles. The Morgan fingerprint density at radius 2 is 1.57 bits per heavy atom. The Hall–Kier alpha value is 0.330. The number of fused-ring (bicyclic) bond motifs is 2. The van der Waals surface area contributed by atoms with Crippen LogP contribution in [0.25, 0.3) is 0 Å². The second kappa shape index (κ2) is 10.1. The molecule has 3 aliphatic heterocycles. The van der Waals surface area contributed by atoms with Crippen LogP contribution in [0.2, 0.25) is 0 Å². The van der Waals surface area contributed by atoms with Gasteiger partial charge in [-0.1, -0.05) is 0 Å². The van der Waals surface area contributed by atoms with Crippen LogP contribution in [0.5, 0.6) is 0 Å². The zero-order valence-corrected chi connectivity index (χ0v) is 19.6. The van der Waals surface area contributed by atoms with Gasteiger partial charge in [0, 0.05) is 0 Å². The monoisotopic (exact) mass is 509 g/mol. The first-order valence-electron chi connectivity index (χ1n) is 9.24. The van der Waals surface area contributed by atoms with Crippen molar-refractivity contribution in [3.05, 3.63) is 0 Å². The van der Waals surface area contributed by atoms with Crippen molar-refractivity contribution in [1.82, 2.24) is 0 Å². The van der Waals surface area contributed by atoms with Gasteiger partial charge in [0.1, 0.15) is 24.4 Å². The van der Waals surface area contributed by atoms with E-state index in [2.05, 4.69) is 0 Å². The third-order valence-corrected chi connectivity index (χ3v) is 8.72. The number of hydrogen-bond donors (Lipinski definition) is 1. The molecule has 10 atom stereocenters. The molecule has 0 aromatic rings. The van der Waals surface area contributed by atoms with E-state index in [1.54, 1.807) is 0 Å². The highest BCUT2D eigenvalue weighted by Crippen LogP contribution is 2.55. The zero-order valence-electron chi connectivity index (χ0n) is 16.2. The molecular formula is C15H23F2NO8P2S2. The van der Waals surface area contributed by atoms with E-state index in [0.29, 0.717) is 0 Å². The molecular weight excluding hydrogens is 486 g/mol. The van der Waals surface area contributed by atoms with Gasteiger partial charge in [-0.15, -0.1) is 0 Å². The molecule has 0 spiro atoms. The lowest BCUT2D eigenvalue weighted by Crippen LogP contribution is -2.37. The van der Waals surface area contributed by atoms with Crippen molar-refractivity contribution in [3.63, 3.8) is 0 Å². The van der Waals surface area contributed by atoms with Gasteiger partial charge in [0.05, 0.1) is 44.5 Å². The van der Waals surface area contributed by atoms with E-state index in [1.165, 1.54) is 13.8 Å². The summed E-state index contributed by atoms with van der Waals surface area (Å²) in [6.45, 7) is -5.28. The number of hydrogen-bond acceptors (Lipinski definition) is 10. The van der Waals surface area contributed by atoms with E-state index in [1.807, 2.05) is 6.07 Å². The highest BCUT2D eigenvalue weighted by Gasteiger charge is 2.51. The summed E-state index contributed by atoms with van der Waals surface area (Å²) >= 11 is 10.4. The highest BCUT2D eigenvalue weighted by atomic mass is 32.5. The first-order chi connectivity index (χ1) is 14.1. The molecule has 9 nitrogen and oxygen atoms in total. The molecule has 3 saturated heterocycles. The number of alkyl halides is 2. The molecule has 30 heavy (non-hydrogen) atoms. The maximum Gasteiger partial charge on any atom is 0.327 e. The first-order valence-corrected chi connectivity index (χ1v) is 14.4. The molecule has 3 aliphatic rings. The Morgan fingerprint density at radius 1 is 1.03 bits per heavy atom. The maximum absolute atomic E-state index is 14.7. The number of ether oxygens (including phenoxy) is 2. The van der Waals surface area contributed by atoms with E-state index in [0.717, 1.165) is 0 Å². The van der Waals surface area contributed by atoms with E-state index in [4.69, 9.17) is 61.0 Å². The fourth-order valence-electron chi connectivity index (χ4n) is 3.29. The minimum Gasteiger partial charge on any atom is -0.367 e. The van der Waals surface area contributed by atoms with Gasteiger partial charge in [-0.05, 0) is 37.5 Å². The quantitative estimate of drug-likeness (QED) is 0.448. The van der Waals surface area contributed by atoms with Crippen molar-refractivity contribution < 1.29 is 45.8 Å². The molecule has 0 radical (unpaired) electrons. The SMILES string of the molecule is C[C@@H]1O[C@@H]2CO[P@@](=S)(OCCC#N)O[C@H]3[C@@H](F)[C@H](C)O[C@@H]3COP(O)(=S)O[C@H]2[C@H]1F. The minimum absolute atomic E-state index is 0.0109. The normalized spacial score (nSPS) is 50.0. The molecule has 1 N–H and O–H groups in total. The smallest absolute Gasteiger partial charge is 0.327 e. The number of nitriles is 1. The van der Waals surface area contributed by atoms with Crippen molar-refractivity contribution >= 4 is 37.1 Å². The van der Waals surface area contributed by atoms with E-state index >= 15 is 0 Å². The molecule has 0 aliphatic carbocycles. The Morgan fingerprint density at radius 3 is 2.13 bits per heavy atom. The van der Waals surface area contributed by atoms with Crippen LogP contribution >= 0.6 is 13.4 Å². The van der Waals surface area contributed by atoms with Crippen molar-refractivity contribution in [2.45, 2.75) is 69.2 Å². The van der Waals surface area contributed by atoms with Gasteiger partial charge in [-0.3, -0.25) is 9.05 Å². The fourth-order valence-corrected chi connectivity index (χ4v) is 6.82. The third-order valence-electron chi connectivity index (χ3n) is 4.80. The fraction of sp³-hybridized carbons (Fsp3) is 0.933. The van der Waals surface area contributed by atoms with E-state index in [-0.39, 0.29) is 26.2 Å². The highest BCUT2D eigenvalue weighted by molar-refractivity contribution is 8.07. The van der Waals surface area contributed by atoms with Crippen LogP contribution in [0, 0.1) is 11.3 Å². The predicted molar refractivity (Wildman–Crippen MR) is 107 cm³/mol. The summed E-state index contributed by atoms with van der Waals surface area (Å²) in [5, 5.41) is 8.75. The Labute approximate surface area is 183 Å². The van der Waals surface area contributed by atoms with Gasteiger partial charge in [-0.25, -0.2) is 8.78 Å². The third kappa shape index (κ3) is 5.81. The Balaban J connectivity index is 1.87. The number of rotatable bonds is 3. The van der Waals surface area contributed by atoms with Crippen LogP contribution in [-0.4, -0.2) is 73.7 Å². The van der Waals surface area contributed by atoms with Gasteiger partial charge >= 0.3 is 13.4 Å². The molecule has 0 saturated carbocycles. The second-order valence-corrected chi connectivity index (χ2v) is 12.8. The number of halogens is 2. The summed E-state index contributed by atoms with van der Waals surface area (Å²) in [6.07, 6.45) is -9.38. The van der Waals surface area contributed by atoms with Crippen LogP contribution in [0.3, 0.4) is 0 Å². The zero-order chi connectivity index (χ0) is 22.1. The van der Waals surface area contributed by atoms with E-state index < -0.39 is 62.4 Å². The summed E-state index contributed by atoms with van der Waals surface area (Å²) in [4.78, 5) is 10.4. The van der Waals surface area contributed by atoms with Gasteiger partial charge in [0.15, 0.2) is 12.3 Å². The minimum atomic E-state index is -3.90. The standard InChI is InChI=1S/C15H23F2NO8P2S2/c1-8-12(16)14-11(24-8)7-22-28(30,20-5-3-4-18)26-15-10(23-9(2)13(15)17)6-21-27(19,29)25-14/h8-15H,3,5-7H2,1-2H3,(H,19,29)/t8-,9-,10+,11+,12-,13-,14+,15+,27?,28-/m0/s1. The van der Waals surface area contributed by atoms with E-state index in [9.17, 15) is 13.7 Å². The Kier molecular flexibility index (Phi) is 8.39. The van der Waals surface area contributed by atoms with Crippen molar-refractivity contribution in [2.24, 2.45) is 0 Å². The molecule has 1 unspecified atom stereocenters. The van der Waals surface area contributed by atoms with Gasteiger partial charge in [-0.2, -0.15) is 5.26 Å². The lowest BCUT2D eigenvalue weighted by atomic mass is 10.1. The van der Waals surface area contributed by atoms with Crippen LogP contribution in [0.15, 0.2) is 0 Å². The lowest BCUT2D eigenvalue weighted by Gasteiger charge is -2.31. The van der Waals surface area contributed by atoms with Gasteiger partial charge < -0.3 is 27.9 Å². The first kappa shape index (κ1) is 25.0. The van der Waals surface area contributed by atoms with Crippen LogP contribution in [0.1, 0.15) is 20.3 Å². The molecule has 3 rings (SSSR count). The Bertz CT molecular complexity index is 761. The van der Waals surface area contributed by atoms with Crippen molar-refractivity contribution in [2.75, 3.05) is 19.8 Å².